The minimum absolute atomic E-state index is 0. The van der Waals surface area contributed by atoms with E-state index >= 15 is 0 Å². The van der Waals surface area contributed by atoms with Crippen molar-refractivity contribution in [1.82, 2.24) is 29.9 Å². The number of fused-ring (bicyclic) bond motifs is 1. The topological polar surface area (TPSA) is 106 Å². The quantitative estimate of drug-likeness (QED) is 0.554. The molecule has 9 nitrogen and oxygen atoms in total. The van der Waals surface area contributed by atoms with Crippen LogP contribution in [-0.2, 0) is 11.3 Å². The zero-order valence-electron chi connectivity index (χ0n) is 14.9. The summed E-state index contributed by atoms with van der Waals surface area (Å²) in [6, 6.07) is 2.39. The van der Waals surface area contributed by atoms with Crippen molar-refractivity contribution in [2.75, 3.05) is 24.4 Å². The van der Waals surface area contributed by atoms with Crippen molar-refractivity contribution in [2.45, 2.75) is 32.4 Å². The summed E-state index contributed by atoms with van der Waals surface area (Å²) in [5.41, 5.74) is 0.787. The second-order valence-corrected chi connectivity index (χ2v) is 6.39. The summed E-state index contributed by atoms with van der Waals surface area (Å²) < 4.78 is 6.76. The van der Waals surface area contributed by atoms with E-state index in [-0.39, 0.29) is 13.5 Å². The Balaban J connectivity index is 0.00000196. The van der Waals surface area contributed by atoms with Crippen LogP contribution in [0.25, 0.3) is 11.0 Å². The first kappa shape index (κ1) is 18.5. The van der Waals surface area contributed by atoms with E-state index in [0.717, 1.165) is 22.8 Å². The molecule has 3 aromatic rings. The highest BCUT2D eigenvalue weighted by Crippen LogP contribution is 2.34. The number of nitrogens with one attached hydrogen (secondary N) is 3. The minimum Gasteiger partial charge on any atom is -0.383 e. The van der Waals surface area contributed by atoms with Crippen molar-refractivity contribution >= 4 is 42.1 Å². The summed E-state index contributed by atoms with van der Waals surface area (Å²) in [6.07, 6.45) is 6.24. The number of aromatic nitrogens is 6. The van der Waals surface area contributed by atoms with Gasteiger partial charge in [0, 0.05) is 19.3 Å². The average Bonchev–Trinajstić information content (AvgIpc) is 3.19. The molecular formula is C16H24N8OS. The van der Waals surface area contributed by atoms with Crippen LogP contribution in [0.2, 0.25) is 0 Å². The lowest BCUT2D eigenvalue weighted by atomic mass is 10.2. The van der Waals surface area contributed by atoms with Gasteiger partial charge in [0.25, 0.3) is 0 Å². The van der Waals surface area contributed by atoms with Gasteiger partial charge in [-0.3, -0.25) is 0 Å². The van der Waals surface area contributed by atoms with Gasteiger partial charge in [0.05, 0.1) is 24.7 Å². The molecule has 4 rings (SSSR count). The normalized spacial score (nSPS) is 14.8. The number of nitrogens with zero attached hydrogens (tertiary/aromatic N) is 5. The van der Waals surface area contributed by atoms with E-state index in [4.69, 9.17) is 4.74 Å². The van der Waals surface area contributed by atoms with Gasteiger partial charge < -0.3 is 20.4 Å². The number of anilines is 3. The summed E-state index contributed by atoms with van der Waals surface area (Å²) in [6.45, 7) is 3.43. The minimum atomic E-state index is 0. The van der Waals surface area contributed by atoms with Crippen LogP contribution < -0.4 is 10.6 Å². The van der Waals surface area contributed by atoms with Crippen LogP contribution in [0.4, 0.5) is 17.6 Å². The Labute approximate surface area is 158 Å². The molecule has 1 aliphatic rings. The van der Waals surface area contributed by atoms with Gasteiger partial charge in [0.2, 0.25) is 5.95 Å². The molecule has 1 fully saturated rings. The monoisotopic (exact) mass is 376 g/mol. The van der Waals surface area contributed by atoms with E-state index in [1.807, 2.05) is 12.3 Å². The molecule has 0 bridgehead atoms. The molecule has 10 heteroatoms. The van der Waals surface area contributed by atoms with Crippen LogP contribution in [0.15, 0.2) is 18.5 Å². The van der Waals surface area contributed by atoms with Crippen LogP contribution in [-0.4, -0.2) is 49.7 Å². The summed E-state index contributed by atoms with van der Waals surface area (Å²) in [4.78, 5) is 12.3. The van der Waals surface area contributed by atoms with Gasteiger partial charge in [0.1, 0.15) is 11.5 Å². The molecule has 0 radical (unpaired) electrons. The van der Waals surface area contributed by atoms with Crippen LogP contribution in [0.3, 0.4) is 0 Å². The average molecular weight is 376 g/mol. The molecular weight excluding hydrogens is 352 g/mol. The number of hydrogen-bond acceptors (Lipinski definition) is 7. The van der Waals surface area contributed by atoms with Crippen molar-refractivity contribution in [3.63, 3.8) is 0 Å². The molecule has 0 unspecified atom stereocenters. The lowest BCUT2D eigenvalue weighted by molar-refractivity contribution is 0.183. The van der Waals surface area contributed by atoms with Crippen LogP contribution in [0, 0.1) is 5.92 Å². The van der Waals surface area contributed by atoms with Crippen molar-refractivity contribution in [2.24, 2.45) is 5.92 Å². The number of hydrogen-bond donors (Lipinski definition) is 3. The Morgan fingerprint density at radius 3 is 3.00 bits per heavy atom. The van der Waals surface area contributed by atoms with Gasteiger partial charge in [-0.2, -0.15) is 23.5 Å². The van der Waals surface area contributed by atoms with E-state index in [1.54, 1.807) is 18.0 Å². The molecule has 0 aliphatic heterocycles. The molecule has 1 aliphatic carbocycles. The molecule has 0 spiro atoms. The highest BCUT2D eigenvalue weighted by atomic mass is 32.1. The molecule has 3 heterocycles. The molecule has 140 valence electrons. The zero-order valence-corrected chi connectivity index (χ0v) is 15.9. The van der Waals surface area contributed by atoms with Crippen molar-refractivity contribution < 1.29 is 4.74 Å². The van der Waals surface area contributed by atoms with E-state index in [2.05, 4.69) is 42.8 Å². The highest BCUT2D eigenvalue weighted by molar-refractivity contribution is 7.59. The first-order valence-electron chi connectivity index (χ1n) is 8.50. The van der Waals surface area contributed by atoms with Crippen LogP contribution in [0.1, 0.15) is 19.8 Å². The fourth-order valence-corrected chi connectivity index (χ4v) is 2.80. The maximum Gasteiger partial charge on any atom is 0.232 e. The Morgan fingerprint density at radius 2 is 2.23 bits per heavy atom. The number of H-pyrrole nitrogens is 1. The molecule has 3 N–H and O–H groups in total. The third-order valence-electron chi connectivity index (χ3n) is 4.41. The Kier molecular flexibility index (Phi) is 5.62. The predicted molar refractivity (Wildman–Crippen MR) is 105 cm³/mol. The summed E-state index contributed by atoms with van der Waals surface area (Å²) in [5.74, 6) is 2.66. The molecule has 0 amide bonds. The molecule has 0 saturated heterocycles. The second-order valence-electron chi connectivity index (χ2n) is 6.39. The van der Waals surface area contributed by atoms with Gasteiger partial charge in [-0.1, -0.05) is 5.21 Å². The van der Waals surface area contributed by atoms with Crippen LogP contribution in [0.5, 0.6) is 0 Å². The third kappa shape index (κ3) is 4.07. The summed E-state index contributed by atoms with van der Waals surface area (Å²) in [7, 11) is 1.66. The summed E-state index contributed by atoms with van der Waals surface area (Å²) in [5, 5.41) is 15.8. The fraction of sp³-hybridized carbons (Fsp3) is 0.500. The molecule has 0 aromatic carbocycles. The van der Waals surface area contributed by atoms with E-state index < -0.39 is 0 Å². The highest BCUT2D eigenvalue weighted by Gasteiger charge is 2.28. The van der Waals surface area contributed by atoms with Gasteiger partial charge in [-0.25, -0.2) is 4.68 Å². The van der Waals surface area contributed by atoms with Gasteiger partial charge >= 0.3 is 0 Å². The largest absolute Gasteiger partial charge is 0.383 e. The molecule has 1 atom stereocenters. The predicted octanol–water partition coefficient (Wildman–Crippen LogP) is 2.26. The van der Waals surface area contributed by atoms with Crippen molar-refractivity contribution in [3.05, 3.63) is 18.5 Å². The van der Waals surface area contributed by atoms with E-state index in [9.17, 15) is 0 Å². The Morgan fingerprint density at radius 1 is 1.38 bits per heavy atom. The lowest BCUT2D eigenvalue weighted by Gasteiger charge is -2.15. The van der Waals surface area contributed by atoms with Crippen molar-refractivity contribution in [3.8, 4) is 0 Å². The second kappa shape index (κ2) is 7.92. The molecule has 1 saturated carbocycles. The molecule has 3 aromatic heterocycles. The SMILES string of the molecule is COCCn1cc(Nc2nc(N[C@@H](C)C3CC3)c3cc[nH]c3n2)nn1.S. The third-order valence-corrected chi connectivity index (χ3v) is 4.41. The fourth-order valence-electron chi connectivity index (χ4n) is 2.80. The lowest BCUT2D eigenvalue weighted by Crippen LogP contribution is -2.18. The first-order chi connectivity index (χ1) is 12.2. The summed E-state index contributed by atoms with van der Waals surface area (Å²) >= 11 is 0. The number of methoxy groups -OCH3 is 1. The maximum atomic E-state index is 5.04. The Hall–Kier alpha value is -2.33. The van der Waals surface area contributed by atoms with E-state index in [1.165, 1.54) is 12.8 Å². The van der Waals surface area contributed by atoms with Gasteiger partial charge in [-0.05, 0) is 31.7 Å². The molecule has 26 heavy (non-hydrogen) atoms. The maximum absolute atomic E-state index is 5.04. The van der Waals surface area contributed by atoms with Crippen molar-refractivity contribution in [1.29, 1.82) is 0 Å². The van der Waals surface area contributed by atoms with Gasteiger partial charge in [-0.15, -0.1) is 5.10 Å². The number of ether oxygens (including phenoxy) is 1. The Bertz CT molecular complexity index is 859. The van der Waals surface area contributed by atoms with Gasteiger partial charge in [0.15, 0.2) is 5.82 Å². The van der Waals surface area contributed by atoms with E-state index in [0.29, 0.717) is 31.0 Å². The smallest absolute Gasteiger partial charge is 0.232 e. The first-order valence-corrected chi connectivity index (χ1v) is 8.50. The number of aromatic amines is 1. The standard InChI is InChI=1S/C16H22N8O.H2S/c1-10(11-3-4-11)18-15-12-5-6-17-14(12)20-16(21-15)19-13-9-24(23-22-13)7-8-25-2;/h5-6,9-11H,3-4,7-8H2,1-2H3,(H3,17,18,19,20,21);1H2/t10-;/m0./s1. The van der Waals surface area contributed by atoms with Crippen LogP contribution >= 0.6 is 13.5 Å². The zero-order chi connectivity index (χ0) is 17.2. The number of rotatable bonds is 8.